The molecule has 1 aliphatic heterocycles. The Morgan fingerprint density at radius 3 is 2.38 bits per heavy atom. The summed E-state index contributed by atoms with van der Waals surface area (Å²) in [5.41, 5.74) is -0.246. The van der Waals surface area contributed by atoms with Crippen molar-refractivity contribution in [2.24, 2.45) is 5.92 Å². The van der Waals surface area contributed by atoms with Crippen molar-refractivity contribution in [1.29, 1.82) is 0 Å². The second kappa shape index (κ2) is 7.97. The first-order valence-corrected chi connectivity index (χ1v) is 11.6. The fraction of sp³-hybridized carbons (Fsp3) is 0.619. The van der Waals surface area contributed by atoms with Crippen molar-refractivity contribution in [3.8, 4) is 0 Å². The fourth-order valence-corrected chi connectivity index (χ4v) is 5.64. The van der Waals surface area contributed by atoms with Crippen LogP contribution in [-0.2, 0) is 24.1 Å². The Labute approximate surface area is 172 Å². The highest BCUT2D eigenvalue weighted by Gasteiger charge is 2.47. The highest BCUT2D eigenvalue weighted by molar-refractivity contribution is 7.92. The first-order chi connectivity index (χ1) is 13.6. The molecule has 1 heterocycles. The number of esters is 1. The van der Waals surface area contributed by atoms with Crippen molar-refractivity contribution in [2.45, 2.75) is 68.7 Å². The third-order valence-corrected chi connectivity index (χ3v) is 7.46. The van der Waals surface area contributed by atoms with E-state index in [2.05, 4.69) is 0 Å². The number of rotatable bonds is 5. The minimum atomic E-state index is -3.51. The maximum Gasteiger partial charge on any atom is 0.410 e. The van der Waals surface area contributed by atoms with E-state index in [-0.39, 0.29) is 16.8 Å². The third-order valence-electron chi connectivity index (χ3n) is 5.12. The number of ether oxygens (including phenoxy) is 2. The predicted octanol–water partition coefficient (Wildman–Crippen LogP) is 3.48. The summed E-state index contributed by atoms with van der Waals surface area (Å²) in [6.45, 7) is 7.54. The highest BCUT2D eigenvalue weighted by atomic mass is 32.2. The molecule has 0 spiro atoms. The lowest BCUT2D eigenvalue weighted by Crippen LogP contribution is -2.38. The largest absolute Gasteiger partial charge is 0.466 e. The van der Waals surface area contributed by atoms with E-state index in [9.17, 15) is 18.0 Å². The predicted molar refractivity (Wildman–Crippen MR) is 107 cm³/mol. The maximum atomic E-state index is 13.0. The number of nitrogens with zero attached hydrogens (tertiary/aromatic N) is 1. The fourth-order valence-electron chi connectivity index (χ4n) is 3.74. The van der Waals surface area contributed by atoms with Crippen LogP contribution in [0.15, 0.2) is 29.2 Å². The molecule has 160 valence electrons. The Morgan fingerprint density at radius 2 is 1.79 bits per heavy atom. The van der Waals surface area contributed by atoms with Gasteiger partial charge in [-0.25, -0.2) is 13.2 Å². The minimum Gasteiger partial charge on any atom is -0.466 e. The number of carbonyl (C=O) groups excluding carboxylic acids is 2. The molecule has 1 saturated carbocycles. The number of sulfone groups is 1. The number of likely N-dealkylation sites (tertiary alicyclic amines) is 1. The first-order valence-electron chi connectivity index (χ1n) is 10.1. The first kappa shape index (κ1) is 21.6. The maximum absolute atomic E-state index is 13.0. The van der Waals surface area contributed by atoms with Crippen LogP contribution in [0.4, 0.5) is 4.79 Å². The van der Waals surface area contributed by atoms with E-state index in [1.54, 1.807) is 52.0 Å². The zero-order valence-electron chi connectivity index (χ0n) is 17.4. The van der Waals surface area contributed by atoms with Gasteiger partial charge >= 0.3 is 12.1 Å². The molecular weight excluding hydrogens is 394 g/mol. The molecule has 2 atom stereocenters. The summed E-state index contributed by atoms with van der Waals surface area (Å²) in [6.07, 6.45) is 1.10. The van der Waals surface area contributed by atoms with Gasteiger partial charge in [0.1, 0.15) is 5.60 Å². The number of amides is 1. The summed E-state index contributed by atoms with van der Waals surface area (Å²) >= 11 is 0. The van der Waals surface area contributed by atoms with E-state index in [4.69, 9.17) is 9.47 Å². The number of hydrogen-bond donors (Lipinski definition) is 0. The summed E-state index contributed by atoms with van der Waals surface area (Å²) in [5.74, 6) is -1.07. The lowest BCUT2D eigenvalue weighted by molar-refractivity contribution is -0.148. The van der Waals surface area contributed by atoms with Gasteiger partial charge < -0.3 is 14.4 Å². The van der Waals surface area contributed by atoms with Gasteiger partial charge in [0, 0.05) is 6.54 Å². The van der Waals surface area contributed by atoms with E-state index in [1.165, 1.54) is 4.90 Å². The van der Waals surface area contributed by atoms with Crippen LogP contribution in [0.3, 0.4) is 0 Å². The molecule has 2 aliphatic rings. The van der Waals surface area contributed by atoms with Gasteiger partial charge in [-0.15, -0.1) is 0 Å². The van der Waals surface area contributed by atoms with Gasteiger partial charge in [-0.05, 0) is 58.6 Å². The van der Waals surface area contributed by atoms with Gasteiger partial charge in [0.05, 0.1) is 28.7 Å². The van der Waals surface area contributed by atoms with Crippen LogP contribution in [0.25, 0.3) is 0 Å². The molecular formula is C21H29NO6S. The lowest BCUT2D eigenvalue weighted by Gasteiger charge is -2.31. The second-order valence-electron chi connectivity index (χ2n) is 8.55. The average molecular weight is 424 g/mol. The minimum absolute atomic E-state index is 0.192. The molecule has 0 radical (unpaired) electrons. The number of benzene rings is 1. The Kier molecular flexibility index (Phi) is 5.94. The van der Waals surface area contributed by atoms with E-state index >= 15 is 0 Å². The Hall–Kier alpha value is -2.09. The van der Waals surface area contributed by atoms with Crippen LogP contribution < -0.4 is 0 Å². The normalized spacial score (nSPS) is 22.4. The highest BCUT2D eigenvalue weighted by Crippen LogP contribution is 2.44. The van der Waals surface area contributed by atoms with Crippen LogP contribution in [-0.4, -0.2) is 49.4 Å². The molecule has 8 heteroatoms. The van der Waals surface area contributed by atoms with Crippen LogP contribution in [0.2, 0.25) is 0 Å². The molecule has 1 amide bonds. The van der Waals surface area contributed by atoms with Crippen LogP contribution in [0, 0.1) is 5.92 Å². The summed E-state index contributed by atoms with van der Waals surface area (Å²) in [5, 5.41) is -0.388. The molecule has 29 heavy (non-hydrogen) atoms. The standard InChI is InChI=1S/C21H29NO6S/c1-5-27-19(23)16-12-13-22(20(24)28-21(2,3)4)18(16)15-8-6-7-9-17(15)29(25,26)14-10-11-14/h6-9,14,16,18H,5,10-13H2,1-4H3. The van der Waals surface area contributed by atoms with Gasteiger partial charge in [-0.1, -0.05) is 18.2 Å². The molecule has 0 N–H and O–H groups in total. The van der Waals surface area contributed by atoms with Crippen molar-refractivity contribution in [3.63, 3.8) is 0 Å². The van der Waals surface area contributed by atoms with Gasteiger partial charge in [0.25, 0.3) is 0 Å². The van der Waals surface area contributed by atoms with Crippen molar-refractivity contribution in [1.82, 2.24) is 4.90 Å². The van der Waals surface area contributed by atoms with Gasteiger partial charge in [-0.3, -0.25) is 4.79 Å². The quantitative estimate of drug-likeness (QED) is 0.674. The summed E-state index contributed by atoms with van der Waals surface area (Å²) < 4.78 is 36.8. The van der Waals surface area contributed by atoms with Gasteiger partial charge in [0.15, 0.2) is 9.84 Å². The zero-order valence-corrected chi connectivity index (χ0v) is 18.2. The van der Waals surface area contributed by atoms with Crippen molar-refractivity contribution < 1.29 is 27.5 Å². The van der Waals surface area contributed by atoms with Crippen molar-refractivity contribution in [3.05, 3.63) is 29.8 Å². The average Bonchev–Trinajstić information content (AvgIpc) is 3.40. The SMILES string of the molecule is CCOC(=O)C1CCN(C(=O)OC(C)(C)C)C1c1ccccc1S(=O)(=O)C1CC1. The van der Waals surface area contributed by atoms with E-state index in [1.807, 2.05) is 0 Å². The molecule has 1 aliphatic carbocycles. The molecule has 0 aromatic heterocycles. The van der Waals surface area contributed by atoms with Gasteiger partial charge in [0.2, 0.25) is 0 Å². The van der Waals surface area contributed by atoms with Crippen LogP contribution in [0.5, 0.6) is 0 Å². The van der Waals surface area contributed by atoms with Crippen molar-refractivity contribution >= 4 is 21.9 Å². The smallest absolute Gasteiger partial charge is 0.410 e. The van der Waals surface area contributed by atoms with Gasteiger partial charge in [-0.2, -0.15) is 0 Å². The van der Waals surface area contributed by atoms with E-state index in [0.717, 1.165) is 0 Å². The lowest BCUT2D eigenvalue weighted by atomic mass is 9.93. The molecule has 2 unspecified atom stereocenters. The monoisotopic (exact) mass is 423 g/mol. The molecule has 2 fully saturated rings. The molecule has 1 aromatic rings. The summed E-state index contributed by atoms with van der Waals surface area (Å²) in [4.78, 5) is 27.2. The number of hydrogen-bond acceptors (Lipinski definition) is 6. The Bertz CT molecular complexity index is 885. The molecule has 1 aromatic carbocycles. The molecule has 3 rings (SSSR count). The Balaban J connectivity index is 2.05. The number of carbonyl (C=O) groups is 2. The topological polar surface area (TPSA) is 90.0 Å². The summed E-state index contributed by atoms with van der Waals surface area (Å²) in [7, 11) is -3.51. The van der Waals surface area contributed by atoms with Crippen molar-refractivity contribution in [2.75, 3.05) is 13.2 Å². The molecule has 7 nitrogen and oxygen atoms in total. The summed E-state index contributed by atoms with van der Waals surface area (Å²) in [6, 6.07) is 5.92. The second-order valence-corrected chi connectivity index (χ2v) is 10.7. The van der Waals surface area contributed by atoms with Crippen LogP contribution >= 0.6 is 0 Å². The Morgan fingerprint density at radius 1 is 1.14 bits per heavy atom. The zero-order chi connectivity index (χ0) is 21.4. The van der Waals surface area contributed by atoms with E-state index in [0.29, 0.717) is 31.4 Å². The van der Waals surface area contributed by atoms with E-state index < -0.39 is 39.5 Å². The molecule has 1 saturated heterocycles. The molecule has 0 bridgehead atoms. The third kappa shape index (κ3) is 4.57. The van der Waals surface area contributed by atoms with Crippen LogP contribution in [0.1, 0.15) is 58.6 Å².